The van der Waals surface area contributed by atoms with E-state index in [9.17, 15) is 4.79 Å². The van der Waals surface area contributed by atoms with Gasteiger partial charge in [-0.15, -0.1) is 0 Å². The van der Waals surface area contributed by atoms with Gasteiger partial charge >= 0.3 is 0 Å². The van der Waals surface area contributed by atoms with Crippen LogP contribution in [0, 0.1) is 0 Å². The number of nitrogens with zero attached hydrogens (tertiary/aromatic N) is 2. The Morgan fingerprint density at radius 1 is 1.42 bits per heavy atom. The van der Waals surface area contributed by atoms with E-state index in [1.807, 2.05) is 30.3 Å². The summed E-state index contributed by atoms with van der Waals surface area (Å²) in [5, 5.41) is 0.964. The highest BCUT2D eigenvalue weighted by atomic mass is 79.9. The summed E-state index contributed by atoms with van der Waals surface area (Å²) in [5.41, 5.74) is 1.53. The molecule has 1 aromatic carbocycles. The first-order valence-electron chi connectivity index (χ1n) is 6.13. The molecule has 0 aliphatic carbocycles. The average Bonchev–Trinajstić information content (AvgIpc) is 2.46. The predicted molar refractivity (Wildman–Crippen MR) is 78.0 cm³/mol. The van der Waals surface area contributed by atoms with Gasteiger partial charge in [-0.3, -0.25) is 4.79 Å². The normalized spacial score (nSPS) is 19.6. The zero-order chi connectivity index (χ0) is 13.2. The van der Waals surface area contributed by atoms with Crippen LogP contribution in [0.1, 0.15) is 10.4 Å². The Kier molecular flexibility index (Phi) is 3.48. The van der Waals surface area contributed by atoms with Gasteiger partial charge in [-0.25, -0.2) is 4.98 Å². The highest BCUT2D eigenvalue weighted by Crippen LogP contribution is 2.25. The molecule has 1 saturated heterocycles. The molecule has 0 radical (unpaired) electrons. The largest absolute Gasteiger partial charge is 0.363 e. The summed E-state index contributed by atoms with van der Waals surface area (Å²) in [4.78, 5) is 18.0. The SMILES string of the molecule is O=Cc1cc2ccccc2nc1N1CCOC(Br)C1. The lowest BCUT2D eigenvalue weighted by Crippen LogP contribution is -2.40. The fraction of sp³-hybridized carbons (Fsp3) is 0.286. The summed E-state index contributed by atoms with van der Waals surface area (Å²) in [5.74, 6) is 0.737. The Morgan fingerprint density at radius 2 is 2.26 bits per heavy atom. The molecule has 1 atom stereocenters. The topological polar surface area (TPSA) is 42.4 Å². The van der Waals surface area contributed by atoms with Crippen molar-refractivity contribution in [2.24, 2.45) is 0 Å². The molecule has 0 bridgehead atoms. The Morgan fingerprint density at radius 3 is 3.05 bits per heavy atom. The molecule has 1 unspecified atom stereocenters. The summed E-state index contributed by atoms with van der Waals surface area (Å²) in [6.45, 7) is 2.06. The number of halogens is 1. The first-order chi connectivity index (χ1) is 9.28. The van der Waals surface area contributed by atoms with Crippen molar-refractivity contribution in [1.29, 1.82) is 0 Å². The van der Waals surface area contributed by atoms with Gasteiger partial charge in [-0.05, 0) is 12.1 Å². The zero-order valence-corrected chi connectivity index (χ0v) is 11.8. The van der Waals surface area contributed by atoms with E-state index in [0.717, 1.165) is 29.6 Å². The number of hydrogen-bond donors (Lipinski definition) is 0. The number of morpholine rings is 1. The van der Waals surface area contributed by atoms with Gasteiger partial charge < -0.3 is 9.64 Å². The van der Waals surface area contributed by atoms with Crippen LogP contribution in [0.15, 0.2) is 30.3 Å². The summed E-state index contributed by atoms with van der Waals surface area (Å²) in [6.07, 6.45) is 0.869. The van der Waals surface area contributed by atoms with Crippen LogP contribution in [0.3, 0.4) is 0 Å². The molecule has 19 heavy (non-hydrogen) atoms. The monoisotopic (exact) mass is 320 g/mol. The quantitative estimate of drug-likeness (QED) is 0.630. The van der Waals surface area contributed by atoms with E-state index in [2.05, 4.69) is 25.8 Å². The second-order valence-corrected chi connectivity index (χ2v) is 5.46. The number of benzene rings is 1. The van der Waals surface area contributed by atoms with Crippen LogP contribution < -0.4 is 4.90 Å². The van der Waals surface area contributed by atoms with E-state index in [-0.39, 0.29) is 5.01 Å². The molecule has 3 rings (SSSR count). The van der Waals surface area contributed by atoms with Crippen molar-refractivity contribution in [2.45, 2.75) is 5.01 Å². The van der Waals surface area contributed by atoms with Crippen LogP contribution in [-0.4, -0.2) is 36.0 Å². The van der Waals surface area contributed by atoms with E-state index in [4.69, 9.17) is 4.74 Å². The molecule has 2 heterocycles. The van der Waals surface area contributed by atoms with Crippen molar-refractivity contribution in [2.75, 3.05) is 24.6 Å². The average molecular weight is 321 g/mol. The van der Waals surface area contributed by atoms with Crippen LogP contribution in [0.4, 0.5) is 5.82 Å². The van der Waals surface area contributed by atoms with Gasteiger partial charge in [0.2, 0.25) is 0 Å². The maximum Gasteiger partial charge on any atom is 0.153 e. The van der Waals surface area contributed by atoms with Crippen molar-refractivity contribution >= 4 is 38.9 Å². The lowest BCUT2D eigenvalue weighted by atomic mass is 10.1. The molecule has 1 fully saturated rings. The van der Waals surface area contributed by atoms with Gasteiger partial charge in [-0.1, -0.05) is 34.1 Å². The molecule has 1 aromatic heterocycles. The number of fused-ring (bicyclic) bond motifs is 1. The van der Waals surface area contributed by atoms with E-state index in [1.165, 1.54) is 0 Å². The third-order valence-electron chi connectivity index (χ3n) is 3.18. The number of pyridine rings is 1. The fourth-order valence-corrected chi connectivity index (χ4v) is 2.80. The van der Waals surface area contributed by atoms with Crippen LogP contribution in [0.25, 0.3) is 10.9 Å². The Bertz CT molecular complexity index is 617. The first kappa shape index (κ1) is 12.6. The zero-order valence-electron chi connectivity index (χ0n) is 10.3. The lowest BCUT2D eigenvalue weighted by Gasteiger charge is -2.31. The van der Waals surface area contributed by atoms with Gasteiger partial charge in [0.15, 0.2) is 6.29 Å². The highest BCUT2D eigenvalue weighted by molar-refractivity contribution is 9.09. The molecule has 1 aliphatic heterocycles. The van der Waals surface area contributed by atoms with Crippen molar-refractivity contribution in [3.8, 4) is 0 Å². The van der Waals surface area contributed by atoms with Crippen molar-refractivity contribution in [3.63, 3.8) is 0 Å². The lowest BCUT2D eigenvalue weighted by molar-refractivity contribution is 0.102. The Balaban J connectivity index is 2.08. The van der Waals surface area contributed by atoms with Gasteiger partial charge in [0, 0.05) is 11.9 Å². The maximum atomic E-state index is 11.3. The standard InChI is InChI=1S/C14H13BrN2O2/c15-13-8-17(5-6-19-13)14-11(9-18)7-10-3-1-2-4-12(10)16-14/h1-4,7,9,13H,5-6,8H2. The van der Waals surface area contributed by atoms with E-state index in [0.29, 0.717) is 18.7 Å². The number of carbonyl (C=O) groups excluding carboxylic acids is 1. The number of rotatable bonds is 2. The number of aromatic nitrogens is 1. The second kappa shape index (κ2) is 5.27. The number of para-hydroxylation sites is 1. The third-order valence-corrected chi connectivity index (χ3v) is 3.74. The van der Waals surface area contributed by atoms with Gasteiger partial charge in [0.25, 0.3) is 0 Å². The number of ether oxygens (including phenoxy) is 1. The molecule has 0 spiro atoms. The summed E-state index contributed by atoms with van der Waals surface area (Å²) >= 11 is 3.44. The molecule has 5 heteroatoms. The van der Waals surface area contributed by atoms with E-state index >= 15 is 0 Å². The van der Waals surface area contributed by atoms with Gasteiger partial charge in [0.05, 0.1) is 24.2 Å². The first-order valence-corrected chi connectivity index (χ1v) is 7.05. The molecule has 0 amide bonds. The van der Waals surface area contributed by atoms with Crippen LogP contribution in [-0.2, 0) is 4.74 Å². The second-order valence-electron chi connectivity index (χ2n) is 4.44. The Hall–Kier alpha value is -1.46. The number of carbonyl (C=O) groups is 1. The molecule has 0 saturated carbocycles. The molecule has 1 aliphatic rings. The molecule has 0 N–H and O–H groups in total. The summed E-state index contributed by atoms with van der Waals surface area (Å²) < 4.78 is 5.45. The van der Waals surface area contributed by atoms with Gasteiger partial charge in [-0.2, -0.15) is 0 Å². The predicted octanol–water partition coefficient (Wildman–Crippen LogP) is 2.60. The molecule has 2 aromatic rings. The van der Waals surface area contributed by atoms with Crippen LogP contribution >= 0.6 is 15.9 Å². The van der Waals surface area contributed by atoms with Crippen molar-refractivity contribution in [3.05, 3.63) is 35.9 Å². The highest BCUT2D eigenvalue weighted by Gasteiger charge is 2.21. The molecular formula is C14H13BrN2O2. The number of aldehydes is 1. The number of anilines is 1. The number of alkyl halides is 1. The minimum atomic E-state index is -0.0194. The van der Waals surface area contributed by atoms with Crippen LogP contribution in [0.2, 0.25) is 0 Å². The van der Waals surface area contributed by atoms with Crippen LogP contribution in [0.5, 0.6) is 0 Å². The van der Waals surface area contributed by atoms with E-state index in [1.54, 1.807) is 0 Å². The molecular weight excluding hydrogens is 308 g/mol. The molecule has 4 nitrogen and oxygen atoms in total. The van der Waals surface area contributed by atoms with Crippen molar-refractivity contribution in [1.82, 2.24) is 4.98 Å². The minimum Gasteiger partial charge on any atom is -0.363 e. The fourth-order valence-electron chi connectivity index (χ4n) is 2.26. The van der Waals surface area contributed by atoms with Gasteiger partial charge in [0.1, 0.15) is 10.8 Å². The molecule has 98 valence electrons. The minimum absolute atomic E-state index is 0.0194. The number of hydrogen-bond acceptors (Lipinski definition) is 4. The maximum absolute atomic E-state index is 11.3. The van der Waals surface area contributed by atoms with Crippen molar-refractivity contribution < 1.29 is 9.53 Å². The summed E-state index contributed by atoms with van der Waals surface area (Å²) in [6, 6.07) is 9.71. The summed E-state index contributed by atoms with van der Waals surface area (Å²) in [7, 11) is 0. The smallest absolute Gasteiger partial charge is 0.153 e. The van der Waals surface area contributed by atoms with E-state index < -0.39 is 0 Å². The third kappa shape index (κ3) is 2.48. The Labute approximate surface area is 119 Å².